The Morgan fingerprint density at radius 3 is 2.70 bits per heavy atom. The summed E-state index contributed by atoms with van der Waals surface area (Å²) in [6.07, 6.45) is 0. The summed E-state index contributed by atoms with van der Waals surface area (Å²) in [7, 11) is 1.51. The molecule has 0 atom stereocenters. The van der Waals surface area contributed by atoms with Gasteiger partial charge < -0.3 is 4.74 Å². The van der Waals surface area contributed by atoms with E-state index in [0.717, 1.165) is 5.01 Å². The van der Waals surface area contributed by atoms with Gasteiger partial charge in [0.1, 0.15) is 6.61 Å². The van der Waals surface area contributed by atoms with Gasteiger partial charge in [-0.2, -0.15) is 0 Å². The van der Waals surface area contributed by atoms with Crippen LogP contribution in [-0.4, -0.2) is 31.2 Å². The number of nitroso groups, excluding NO2 is 1. The fraction of sp³-hybridized carbons (Fsp3) is 0.800. The summed E-state index contributed by atoms with van der Waals surface area (Å²) in [6.45, 7) is 1.86. The minimum absolute atomic E-state index is 0.206. The van der Waals surface area contributed by atoms with Gasteiger partial charge in [0.05, 0.1) is 11.8 Å². The molecule has 0 radical (unpaired) electrons. The van der Waals surface area contributed by atoms with E-state index in [1.807, 2.05) is 0 Å². The lowest BCUT2D eigenvalue weighted by atomic mass is 10.6. The highest BCUT2D eigenvalue weighted by molar-refractivity contribution is 5.65. The van der Waals surface area contributed by atoms with Crippen molar-refractivity contribution >= 4 is 5.97 Å². The molecule has 0 aromatic carbocycles. The van der Waals surface area contributed by atoms with Crippen LogP contribution in [-0.2, 0) is 9.53 Å². The predicted molar refractivity (Wildman–Crippen MR) is 35.1 cm³/mol. The van der Waals surface area contributed by atoms with Gasteiger partial charge in [0.2, 0.25) is 0 Å². The maximum atomic E-state index is 10.2. The summed E-state index contributed by atoms with van der Waals surface area (Å²) in [5.74, 6) is -0.348. The molecule has 58 valence electrons. The van der Waals surface area contributed by atoms with Crippen LogP contribution in [0.2, 0.25) is 0 Å². The lowest BCUT2D eigenvalue weighted by Crippen LogP contribution is -2.17. The van der Waals surface area contributed by atoms with E-state index in [4.69, 9.17) is 0 Å². The minimum Gasteiger partial charge on any atom is -0.464 e. The van der Waals surface area contributed by atoms with E-state index < -0.39 is 0 Å². The quantitative estimate of drug-likeness (QED) is 0.322. The molecule has 0 aliphatic carbocycles. The Balaban J connectivity index is 3.19. The van der Waals surface area contributed by atoms with Crippen molar-refractivity contribution in [1.82, 2.24) is 5.01 Å². The molecule has 5 heteroatoms. The molecule has 0 aliphatic heterocycles. The molecule has 0 N–H and O–H groups in total. The van der Waals surface area contributed by atoms with Gasteiger partial charge in [0, 0.05) is 14.0 Å². The van der Waals surface area contributed by atoms with E-state index in [2.05, 4.69) is 10.0 Å². The zero-order valence-electron chi connectivity index (χ0n) is 6.03. The van der Waals surface area contributed by atoms with Crippen molar-refractivity contribution in [2.45, 2.75) is 6.92 Å². The number of hydrogen-bond donors (Lipinski definition) is 0. The molecule has 0 aliphatic rings. The van der Waals surface area contributed by atoms with E-state index in [-0.39, 0.29) is 12.6 Å². The highest BCUT2D eigenvalue weighted by Crippen LogP contribution is 1.82. The number of rotatable bonds is 4. The van der Waals surface area contributed by atoms with Crippen molar-refractivity contribution in [1.29, 1.82) is 0 Å². The number of ether oxygens (including phenoxy) is 1. The third-order valence-corrected chi connectivity index (χ3v) is 0.860. The molecule has 5 nitrogen and oxygen atoms in total. The van der Waals surface area contributed by atoms with Crippen LogP contribution in [0.25, 0.3) is 0 Å². The second-order valence-electron chi connectivity index (χ2n) is 1.80. The number of carbonyl (C=O) groups excluding carboxylic acids is 1. The summed E-state index contributed by atoms with van der Waals surface area (Å²) in [5, 5.41) is 3.73. The van der Waals surface area contributed by atoms with Gasteiger partial charge in [-0.25, -0.2) is 0 Å². The molecule has 10 heavy (non-hydrogen) atoms. The number of likely N-dealkylation sites (N-methyl/N-ethyl adjacent to an activating group) is 1. The second kappa shape index (κ2) is 4.72. The first-order valence-electron chi connectivity index (χ1n) is 2.84. The van der Waals surface area contributed by atoms with Crippen molar-refractivity contribution in [3.8, 4) is 0 Å². The van der Waals surface area contributed by atoms with Crippen LogP contribution >= 0.6 is 0 Å². The van der Waals surface area contributed by atoms with Crippen LogP contribution in [0.4, 0.5) is 0 Å². The molecule has 0 unspecified atom stereocenters. The van der Waals surface area contributed by atoms with Crippen molar-refractivity contribution < 1.29 is 9.53 Å². The van der Waals surface area contributed by atoms with Gasteiger partial charge in [-0.3, -0.25) is 9.80 Å². The summed E-state index contributed by atoms with van der Waals surface area (Å²) in [4.78, 5) is 19.9. The van der Waals surface area contributed by atoms with E-state index >= 15 is 0 Å². The zero-order chi connectivity index (χ0) is 7.98. The van der Waals surface area contributed by atoms with E-state index in [1.54, 1.807) is 0 Å². The summed E-state index contributed by atoms with van der Waals surface area (Å²) >= 11 is 0. The fourth-order valence-electron chi connectivity index (χ4n) is 0.362. The second-order valence-corrected chi connectivity index (χ2v) is 1.80. The number of hydrogen-bond acceptors (Lipinski definition) is 4. The molecule has 0 saturated heterocycles. The summed E-state index contributed by atoms with van der Waals surface area (Å²) in [5.41, 5.74) is 0. The van der Waals surface area contributed by atoms with E-state index in [0.29, 0.717) is 6.54 Å². The topological polar surface area (TPSA) is 59.0 Å². The molecule has 0 saturated carbocycles. The number of esters is 1. The van der Waals surface area contributed by atoms with Crippen molar-refractivity contribution in [2.75, 3.05) is 20.2 Å². The van der Waals surface area contributed by atoms with Gasteiger partial charge >= 0.3 is 5.97 Å². The average molecular weight is 146 g/mol. The SMILES string of the molecule is CC(=O)OCCN(C)N=O. The van der Waals surface area contributed by atoms with Crippen LogP contribution in [0.5, 0.6) is 0 Å². The monoisotopic (exact) mass is 146 g/mol. The van der Waals surface area contributed by atoms with E-state index in [1.165, 1.54) is 14.0 Å². The highest BCUT2D eigenvalue weighted by Gasteiger charge is 1.95. The largest absolute Gasteiger partial charge is 0.464 e. The fourth-order valence-corrected chi connectivity index (χ4v) is 0.362. The third-order valence-electron chi connectivity index (χ3n) is 0.860. The van der Waals surface area contributed by atoms with Gasteiger partial charge in [-0.05, 0) is 0 Å². The van der Waals surface area contributed by atoms with Gasteiger partial charge in [-0.15, -0.1) is 4.91 Å². The molecule has 0 heterocycles. The zero-order valence-corrected chi connectivity index (χ0v) is 6.03. The molecule has 0 bridgehead atoms. The standard InChI is InChI=1S/C5H10N2O3/c1-5(8)10-4-3-7(2)6-9/h3-4H2,1-2H3. The smallest absolute Gasteiger partial charge is 0.302 e. The molecule has 0 spiro atoms. The molecular weight excluding hydrogens is 136 g/mol. The maximum absolute atomic E-state index is 10.2. The molecule has 0 fully saturated rings. The van der Waals surface area contributed by atoms with Gasteiger partial charge in [0.15, 0.2) is 0 Å². The molecule has 0 aromatic rings. The normalized spacial score (nSPS) is 8.60. The Morgan fingerprint density at radius 2 is 2.30 bits per heavy atom. The number of carbonyl (C=O) groups is 1. The number of nitrogens with zero attached hydrogens (tertiary/aromatic N) is 2. The van der Waals surface area contributed by atoms with Crippen LogP contribution in [0, 0.1) is 4.91 Å². The van der Waals surface area contributed by atoms with Gasteiger partial charge in [0.25, 0.3) is 0 Å². The summed E-state index contributed by atoms with van der Waals surface area (Å²) in [6, 6.07) is 0. The van der Waals surface area contributed by atoms with Crippen LogP contribution < -0.4 is 0 Å². The first kappa shape index (κ1) is 8.87. The van der Waals surface area contributed by atoms with Crippen LogP contribution in [0.15, 0.2) is 5.29 Å². The average Bonchev–Trinajstić information content (AvgIpc) is 1.87. The van der Waals surface area contributed by atoms with E-state index in [9.17, 15) is 9.70 Å². The van der Waals surface area contributed by atoms with Gasteiger partial charge in [-0.1, -0.05) is 0 Å². The Labute approximate surface area is 58.9 Å². The maximum Gasteiger partial charge on any atom is 0.302 e. The van der Waals surface area contributed by atoms with Crippen LogP contribution in [0.1, 0.15) is 6.92 Å². The Bertz CT molecular complexity index is 126. The Hall–Kier alpha value is -1.13. The molecule has 0 aromatic heterocycles. The molecule has 0 rings (SSSR count). The minimum atomic E-state index is -0.348. The van der Waals surface area contributed by atoms with Crippen molar-refractivity contribution in [3.63, 3.8) is 0 Å². The highest BCUT2D eigenvalue weighted by atomic mass is 16.5. The summed E-state index contributed by atoms with van der Waals surface area (Å²) < 4.78 is 4.53. The Morgan fingerprint density at radius 1 is 1.70 bits per heavy atom. The third kappa shape index (κ3) is 5.02. The van der Waals surface area contributed by atoms with Crippen molar-refractivity contribution in [2.24, 2.45) is 5.29 Å². The lowest BCUT2D eigenvalue weighted by molar-refractivity contribution is -0.141. The molecule has 0 amide bonds. The molecular formula is C5H10N2O3. The Kier molecular flexibility index (Phi) is 4.19. The van der Waals surface area contributed by atoms with Crippen LogP contribution in [0.3, 0.4) is 0 Å². The first-order valence-corrected chi connectivity index (χ1v) is 2.84. The van der Waals surface area contributed by atoms with Crippen molar-refractivity contribution in [3.05, 3.63) is 4.91 Å². The predicted octanol–water partition coefficient (Wildman–Crippen LogP) is 0.163. The lowest BCUT2D eigenvalue weighted by Gasteiger charge is -2.06. The first-order chi connectivity index (χ1) is 4.66.